The van der Waals surface area contributed by atoms with Gasteiger partial charge in [-0.3, -0.25) is 9.69 Å². The lowest BCUT2D eigenvalue weighted by molar-refractivity contribution is -0.113. The fraction of sp³-hybridized carbons (Fsp3) is 0.125. The summed E-state index contributed by atoms with van der Waals surface area (Å²) in [7, 11) is 0. The van der Waals surface area contributed by atoms with Crippen LogP contribution in [-0.2, 0) is 4.79 Å². The number of fused-ring (bicyclic) bond motifs is 2. The SMILES string of the molecule is O=C(CSc1cccc(NC(=O)N2c3ccccc3SC3C=CC=CC32)c1)Nc1nccs1. The second kappa shape index (κ2) is 9.86. The van der Waals surface area contributed by atoms with E-state index in [4.69, 9.17) is 0 Å². The van der Waals surface area contributed by atoms with Gasteiger partial charge < -0.3 is 10.6 Å². The number of hydrogen-bond donors (Lipinski definition) is 2. The number of nitrogens with zero attached hydrogens (tertiary/aromatic N) is 2. The van der Waals surface area contributed by atoms with E-state index >= 15 is 0 Å². The molecule has 0 radical (unpaired) electrons. The molecule has 2 atom stereocenters. The van der Waals surface area contributed by atoms with Crippen molar-refractivity contribution in [2.24, 2.45) is 0 Å². The van der Waals surface area contributed by atoms with E-state index in [9.17, 15) is 9.59 Å². The van der Waals surface area contributed by atoms with Crippen molar-refractivity contribution in [3.63, 3.8) is 0 Å². The number of benzene rings is 2. The highest BCUT2D eigenvalue weighted by Crippen LogP contribution is 2.43. The van der Waals surface area contributed by atoms with Gasteiger partial charge in [0, 0.05) is 27.1 Å². The molecule has 1 aliphatic carbocycles. The van der Waals surface area contributed by atoms with E-state index < -0.39 is 0 Å². The Kier molecular flexibility index (Phi) is 6.52. The highest BCUT2D eigenvalue weighted by molar-refractivity contribution is 8.00. The summed E-state index contributed by atoms with van der Waals surface area (Å²) in [6.07, 6.45) is 9.88. The molecule has 2 heterocycles. The van der Waals surface area contributed by atoms with Gasteiger partial charge in [0.2, 0.25) is 5.91 Å². The fourth-order valence-electron chi connectivity index (χ4n) is 3.66. The molecule has 1 aliphatic heterocycles. The molecule has 33 heavy (non-hydrogen) atoms. The Labute approximate surface area is 204 Å². The average molecular weight is 493 g/mol. The van der Waals surface area contributed by atoms with E-state index in [0.717, 1.165) is 15.5 Å². The molecule has 3 aromatic rings. The average Bonchev–Trinajstić information content (AvgIpc) is 3.34. The van der Waals surface area contributed by atoms with E-state index in [2.05, 4.69) is 33.8 Å². The first-order valence-corrected chi connectivity index (χ1v) is 13.0. The number of carbonyl (C=O) groups excluding carboxylic acids is 2. The second-order valence-corrected chi connectivity index (χ2v) is 10.5. The Hall–Kier alpha value is -3.01. The molecule has 0 bridgehead atoms. The number of thioether (sulfide) groups is 2. The van der Waals surface area contributed by atoms with Crippen molar-refractivity contribution in [2.45, 2.75) is 21.1 Å². The van der Waals surface area contributed by atoms with Crippen LogP contribution >= 0.6 is 34.9 Å². The zero-order valence-electron chi connectivity index (χ0n) is 17.4. The van der Waals surface area contributed by atoms with Crippen LogP contribution in [0.5, 0.6) is 0 Å². The van der Waals surface area contributed by atoms with Crippen molar-refractivity contribution < 1.29 is 9.59 Å². The molecule has 1 aromatic heterocycles. The Morgan fingerprint density at radius 1 is 1.06 bits per heavy atom. The zero-order valence-corrected chi connectivity index (χ0v) is 19.8. The van der Waals surface area contributed by atoms with Gasteiger partial charge in [-0.15, -0.1) is 34.9 Å². The molecule has 0 fully saturated rings. The molecule has 2 N–H and O–H groups in total. The lowest BCUT2D eigenvalue weighted by Gasteiger charge is -2.40. The van der Waals surface area contributed by atoms with Gasteiger partial charge in [-0.1, -0.05) is 42.5 Å². The number of aromatic nitrogens is 1. The van der Waals surface area contributed by atoms with Crippen LogP contribution in [0.15, 0.2) is 94.2 Å². The first kappa shape index (κ1) is 21.8. The summed E-state index contributed by atoms with van der Waals surface area (Å²) in [5, 5.41) is 8.40. The van der Waals surface area contributed by atoms with Crippen LogP contribution in [0.3, 0.4) is 0 Å². The maximum absolute atomic E-state index is 13.4. The van der Waals surface area contributed by atoms with Gasteiger partial charge in [0.1, 0.15) is 0 Å². The van der Waals surface area contributed by atoms with Crippen LogP contribution in [0.1, 0.15) is 0 Å². The summed E-state index contributed by atoms with van der Waals surface area (Å²) < 4.78 is 0. The molecule has 2 aliphatic rings. The Morgan fingerprint density at radius 3 is 2.82 bits per heavy atom. The summed E-state index contributed by atoms with van der Waals surface area (Å²) in [6, 6.07) is 15.3. The smallest absolute Gasteiger partial charge is 0.307 e. The number of amides is 3. The van der Waals surface area contributed by atoms with Gasteiger partial charge in [-0.2, -0.15) is 0 Å². The van der Waals surface area contributed by atoms with Crippen LogP contribution < -0.4 is 15.5 Å². The predicted molar refractivity (Wildman–Crippen MR) is 138 cm³/mol. The predicted octanol–water partition coefficient (Wildman–Crippen LogP) is 5.88. The van der Waals surface area contributed by atoms with Crippen molar-refractivity contribution in [3.05, 3.63) is 84.4 Å². The molecular formula is C24H20N4O2S3. The van der Waals surface area contributed by atoms with E-state index in [1.165, 1.54) is 23.1 Å². The van der Waals surface area contributed by atoms with E-state index in [-0.39, 0.29) is 29.0 Å². The number of thiazole rings is 1. The highest BCUT2D eigenvalue weighted by atomic mass is 32.2. The third-order valence-corrected chi connectivity index (χ3v) is 8.09. The van der Waals surface area contributed by atoms with Gasteiger partial charge in [0.25, 0.3) is 0 Å². The molecule has 0 spiro atoms. The number of rotatable bonds is 5. The van der Waals surface area contributed by atoms with Crippen molar-refractivity contribution in [3.8, 4) is 0 Å². The maximum Gasteiger partial charge on any atom is 0.326 e. The van der Waals surface area contributed by atoms with Gasteiger partial charge in [-0.05, 0) is 30.3 Å². The first-order chi connectivity index (χ1) is 16.2. The molecule has 6 nitrogen and oxygen atoms in total. The minimum absolute atomic E-state index is 0.0537. The molecule has 2 aromatic carbocycles. The standard InChI is InChI=1S/C24H20N4O2S3/c29-22(27-23-25-12-13-31-23)15-32-17-7-5-6-16(14-17)26-24(30)28-18-8-1-3-10-20(18)33-21-11-4-2-9-19(21)28/h1-14,18,20H,15H2,(H,26,30)(H,25,27,29). The van der Waals surface area contributed by atoms with E-state index in [1.807, 2.05) is 64.9 Å². The first-order valence-electron chi connectivity index (χ1n) is 10.3. The Balaban J connectivity index is 1.28. The maximum atomic E-state index is 13.4. The molecule has 0 saturated heterocycles. The fourth-order valence-corrected chi connectivity index (χ4v) is 6.22. The third kappa shape index (κ3) is 5.00. The topological polar surface area (TPSA) is 74.3 Å². The molecule has 9 heteroatoms. The van der Waals surface area contributed by atoms with Crippen LogP contribution in [0.2, 0.25) is 0 Å². The number of nitrogens with one attached hydrogen (secondary N) is 2. The molecule has 0 saturated carbocycles. The van der Waals surface area contributed by atoms with Crippen molar-refractivity contribution in [1.82, 2.24) is 4.98 Å². The summed E-state index contributed by atoms with van der Waals surface area (Å²) in [6.45, 7) is 0. The normalized spacial score (nSPS) is 18.4. The lowest BCUT2D eigenvalue weighted by atomic mass is 10.1. The molecule has 5 rings (SSSR count). The Bertz CT molecular complexity index is 1230. The van der Waals surface area contributed by atoms with Crippen LogP contribution in [0.25, 0.3) is 0 Å². The molecule has 3 amide bonds. The van der Waals surface area contributed by atoms with Crippen molar-refractivity contribution in [1.29, 1.82) is 0 Å². The minimum atomic E-state index is -0.179. The van der Waals surface area contributed by atoms with E-state index in [1.54, 1.807) is 18.0 Å². The Morgan fingerprint density at radius 2 is 1.94 bits per heavy atom. The third-order valence-electron chi connectivity index (χ3n) is 5.10. The van der Waals surface area contributed by atoms with Crippen molar-refractivity contribution in [2.75, 3.05) is 21.3 Å². The van der Waals surface area contributed by atoms with Gasteiger partial charge >= 0.3 is 6.03 Å². The summed E-state index contributed by atoms with van der Waals surface area (Å²) in [5.41, 5.74) is 1.60. The minimum Gasteiger partial charge on any atom is -0.307 e. The van der Waals surface area contributed by atoms with Crippen LogP contribution in [-0.4, -0.2) is 34.0 Å². The molecule has 166 valence electrons. The van der Waals surface area contributed by atoms with Crippen LogP contribution in [0.4, 0.5) is 21.3 Å². The summed E-state index contributed by atoms with van der Waals surface area (Å²) in [4.78, 5) is 33.4. The monoisotopic (exact) mass is 492 g/mol. The highest BCUT2D eigenvalue weighted by Gasteiger charge is 2.36. The molecule has 2 unspecified atom stereocenters. The van der Waals surface area contributed by atoms with Gasteiger partial charge in [0.05, 0.1) is 22.7 Å². The second-order valence-electron chi connectivity index (χ2n) is 7.31. The largest absolute Gasteiger partial charge is 0.326 e. The lowest BCUT2D eigenvalue weighted by Crippen LogP contribution is -2.49. The summed E-state index contributed by atoms with van der Waals surface area (Å²) >= 11 is 4.57. The zero-order chi connectivity index (χ0) is 22.6. The number of allylic oxidation sites excluding steroid dienone is 2. The van der Waals surface area contributed by atoms with Crippen molar-refractivity contribution >= 4 is 63.3 Å². The number of carbonyl (C=O) groups is 2. The number of anilines is 3. The summed E-state index contributed by atoms with van der Waals surface area (Å²) in [5.74, 6) is 0.143. The number of hydrogen-bond acceptors (Lipinski definition) is 6. The molecular weight excluding hydrogens is 472 g/mol. The van der Waals surface area contributed by atoms with Gasteiger partial charge in [-0.25, -0.2) is 9.78 Å². The number of urea groups is 1. The van der Waals surface area contributed by atoms with E-state index in [0.29, 0.717) is 10.8 Å². The van der Waals surface area contributed by atoms with Gasteiger partial charge in [0.15, 0.2) is 5.13 Å². The number of para-hydroxylation sites is 1. The van der Waals surface area contributed by atoms with Crippen LogP contribution in [0, 0.1) is 0 Å². The quantitative estimate of drug-likeness (QED) is 0.435.